The first-order chi connectivity index (χ1) is 8.73. The molecule has 112 valence electrons. The molecule has 3 N–H and O–H groups in total. The van der Waals surface area contributed by atoms with E-state index in [1.807, 2.05) is 6.92 Å². The van der Waals surface area contributed by atoms with Gasteiger partial charge in [0.2, 0.25) is 0 Å². The molecule has 0 amide bonds. The second-order valence-electron chi connectivity index (χ2n) is 5.50. The van der Waals surface area contributed by atoms with Crippen LogP contribution in [-0.2, 0) is 19.1 Å². The Bertz CT molecular complexity index is 318. The number of rotatable bonds is 8. The van der Waals surface area contributed by atoms with Crippen LogP contribution in [0.4, 0.5) is 0 Å². The largest absolute Gasteiger partial charge is 0.469 e. The SMILES string of the molecule is CCC(C)(CC(C)(C)C(=O)OC)C(=O)OCNCN. The Morgan fingerprint density at radius 2 is 1.79 bits per heavy atom. The zero-order valence-corrected chi connectivity index (χ0v) is 12.5. The summed E-state index contributed by atoms with van der Waals surface area (Å²) in [6.45, 7) is 7.52. The minimum absolute atomic E-state index is 0.0730. The highest BCUT2D eigenvalue weighted by Gasteiger charge is 2.42. The van der Waals surface area contributed by atoms with Gasteiger partial charge in [-0.15, -0.1) is 0 Å². The molecule has 0 aliphatic rings. The van der Waals surface area contributed by atoms with Crippen LogP contribution in [0, 0.1) is 10.8 Å². The maximum Gasteiger partial charge on any atom is 0.313 e. The van der Waals surface area contributed by atoms with Gasteiger partial charge in [0.1, 0.15) is 6.73 Å². The summed E-state index contributed by atoms with van der Waals surface area (Å²) in [6, 6.07) is 0. The van der Waals surface area contributed by atoms with E-state index in [0.717, 1.165) is 0 Å². The highest BCUT2D eigenvalue weighted by atomic mass is 16.5. The Morgan fingerprint density at radius 3 is 2.21 bits per heavy atom. The summed E-state index contributed by atoms with van der Waals surface area (Å²) in [5.41, 5.74) is 3.79. The normalized spacial score (nSPS) is 14.6. The fourth-order valence-corrected chi connectivity index (χ4v) is 2.02. The van der Waals surface area contributed by atoms with E-state index in [2.05, 4.69) is 5.32 Å². The molecule has 0 aromatic carbocycles. The van der Waals surface area contributed by atoms with Gasteiger partial charge in [0, 0.05) is 6.67 Å². The Morgan fingerprint density at radius 1 is 1.21 bits per heavy atom. The molecule has 1 unspecified atom stereocenters. The van der Waals surface area contributed by atoms with Gasteiger partial charge < -0.3 is 15.2 Å². The number of hydrogen-bond acceptors (Lipinski definition) is 6. The molecule has 0 saturated heterocycles. The molecule has 0 aromatic rings. The summed E-state index contributed by atoms with van der Waals surface area (Å²) >= 11 is 0. The van der Waals surface area contributed by atoms with Crippen molar-refractivity contribution in [1.82, 2.24) is 5.32 Å². The van der Waals surface area contributed by atoms with Crippen LogP contribution in [0.25, 0.3) is 0 Å². The molecule has 0 fully saturated rings. The Labute approximate surface area is 115 Å². The van der Waals surface area contributed by atoms with E-state index < -0.39 is 10.8 Å². The lowest BCUT2D eigenvalue weighted by atomic mass is 9.72. The third-order valence-electron chi connectivity index (χ3n) is 3.29. The zero-order valence-electron chi connectivity index (χ0n) is 12.5. The van der Waals surface area contributed by atoms with Gasteiger partial charge in [-0.25, -0.2) is 0 Å². The van der Waals surface area contributed by atoms with Gasteiger partial charge in [-0.05, 0) is 33.6 Å². The minimum Gasteiger partial charge on any atom is -0.469 e. The van der Waals surface area contributed by atoms with Gasteiger partial charge in [0.15, 0.2) is 0 Å². The highest BCUT2D eigenvalue weighted by molar-refractivity contribution is 5.80. The van der Waals surface area contributed by atoms with Crippen LogP contribution in [0.2, 0.25) is 0 Å². The van der Waals surface area contributed by atoms with Gasteiger partial charge in [-0.2, -0.15) is 0 Å². The van der Waals surface area contributed by atoms with Crippen LogP contribution >= 0.6 is 0 Å². The molecule has 1 atom stereocenters. The summed E-state index contributed by atoms with van der Waals surface area (Å²) in [4.78, 5) is 23.8. The number of ether oxygens (including phenoxy) is 2. The molecule has 0 spiro atoms. The summed E-state index contributed by atoms with van der Waals surface area (Å²) < 4.78 is 9.88. The fourth-order valence-electron chi connectivity index (χ4n) is 2.02. The van der Waals surface area contributed by atoms with E-state index >= 15 is 0 Å². The average Bonchev–Trinajstić information content (AvgIpc) is 2.37. The van der Waals surface area contributed by atoms with E-state index in [1.54, 1.807) is 20.8 Å². The van der Waals surface area contributed by atoms with E-state index in [4.69, 9.17) is 15.2 Å². The monoisotopic (exact) mass is 274 g/mol. The standard InChI is InChI=1S/C13H26N2O4/c1-6-13(4,11(17)19-9-15-8-14)7-12(2,3)10(16)18-5/h15H,6-9,14H2,1-5H3. The Kier molecular flexibility index (Phi) is 7.00. The number of hydrogen-bond donors (Lipinski definition) is 2. The maximum atomic E-state index is 12.1. The van der Waals surface area contributed by atoms with Crippen molar-refractivity contribution in [3.63, 3.8) is 0 Å². The molecule has 19 heavy (non-hydrogen) atoms. The van der Waals surface area contributed by atoms with E-state index in [-0.39, 0.29) is 25.3 Å². The van der Waals surface area contributed by atoms with Gasteiger partial charge in [0.25, 0.3) is 0 Å². The van der Waals surface area contributed by atoms with E-state index in [1.165, 1.54) is 7.11 Å². The van der Waals surface area contributed by atoms with Crippen LogP contribution < -0.4 is 11.1 Å². The maximum absolute atomic E-state index is 12.1. The molecule has 6 heteroatoms. The van der Waals surface area contributed by atoms with Gasteiger partial charge >= 0.3 is 11.9 Å². The molecule has 0 rings (SSSR count). The van der Waals surface area contributed by atoms with E-state index in [9.17, 15) is 9.59 Å². The number of carbonyl (C=O) groups excluding carboxylic acids is 2. The molecule has 0 radical (unpaired) electrons. The highest BCUT2D eigenvalue weighted by Crippen LogP contribution is 2.38. The van der Waals surface area contributed by atoms with Gasteiger partial charge in [-0.1, -0.05) is 6.92 Å². The van der Waals surface area contributed by atoms with Crippen molar-refractivity contribution < 1.29 is 19.1 Å². The molecule has 0 aliphatic heterocycles. The number of esters is 2. The molecule has 0 aromatic heterocycles. The van der Waals surface area contributed by atoms with E-state index in [0.29, 0.717) is 12.8 Å². The molecule has 0 aliphatic carbocycles. The van der Waals surface area contributed by atoms with Crippen molar-refractivity contribution in [3.05, 3.63) is 0 Å². The molecule has 0 heterocycles. The Hall–Kier alpha value is -1.14. The zero-order chi connectivity index (χ0) is 15.1. The molecule has 0 bridgehead atoms. The van der Waals surface area contributed by atoms with Gasteiger partial charge in [-0.3, -0.25) is 14.9 Å². The lowest BCUT2D eigenvalue weighted by molar-refractivity contribution is -0.162. The van der Waals surface area contributed by atoms with Crippen molar-refractivity contribution in [2.75, 3.05) is 20.5 Å². The van der Waals surface area contributed by atoms with Crippen LogP contribution in [-0.4, -0.2) is 32.4 Å². The summed E-state index contributed by atoms with van der Waals surface area (Å²) in [7, 11) is 1.34. The number of nitrogens with two attached hydrogens (primary N) is 1. The van der Waals surface area contributed by atoms with Crippen molar-refractivity contribution >= 4 is 11.9 Å². The second kappa shape index (κ2) is 7.45. The number of methoxy groups -OCH3 is 1. The quantitative estimate of drug-likeness (QED) is 0.390. The summed E-state index contributed by atoms with van der Waals surface area (Å²) in [5.74, 6) is -0.673. The average molecular weight is 274 g/mol. The van der Waals surface area contributed by atoms with Crippen LogP contribution in [0.15, 0.2) is 0 Å². The number of carbonyl (C=O) groups is 2. The predicted octanol–water partition coefficient (Wildman–Crippen LogP) is 0.999. The first kappa shape index (κ1) is 17.9. The molecule has 6 nitrogen and oxygen atoms in total. The van der Waals surface area contributed by atoms with Crippen molar-refractivity contribution in [2.24, 2.45) is 16.6 Å². The van der Waals surface area contributed by atoms with Crippen molar-refractivity contribution in [1.29, 1.82) is 0 Å². The third-order valence-corrected chi connectivity index (χ3v) is 3.29. The fraction of sp³-hybridized carbons (Fsp3) is 0.846. The third kappa shape index (κ3) is 5.16. The first-order valence-electron chi connectivity index (χ1n) is 6.40. The summed E-state index contributed by atoms with van der Waals surface area (Å²) in [5, 5.41) is 2.72. The second-order valence-corrected chi connectivity index (χ2v) is 5.50. The van der Waals surface area contributed by atoms with Crippen LogP contribution in [0.1, 0.15) is 40.5 Å². The van der Waals surface area contributed by atoms with Gasteiger partial charge in [0.05, 0.1) is 17.9 Å². The minimum atomic E-state index is -0.736. The lowest BCUT2D eigenvalue weighted by Gasteiger charge is -2.33. The topological polar surface area (TPSA) is 90.7 Å². The summed E-state index contributed by atoms with van der Waals surface area (Å²) in [6.07, 6.45) is 0.944. The number of nitrogens with one attached hydrogen (secondary N) is 1. The first-order valence-corrected chi connectivity index (χ1v) is 6.40. The van der Waals surface area contributed by atoms with Crippen LogP contribution in [0.3, 0.4) is 0 Å². The van der Waals surface area contributed by atoms with Crippen molar-refractivity contribution in [2.45, 2.75) is 40.5 Å². The smallest absolute Gasteiger partial charge is 0.313 e. The predicted molar refractivity (Wildman–Crippen MR) is 72.0 cm³/mol. The van der Waals surface area contributed by atoms with Crippen molar-refractivity contribution in [3.8, 4) is 0 Å². The van der Waals surface area contributed by atoms with Crippen LogP contribution in [0.5, 0.6) is 0 Å². The molecular weight excluding hydrogens is 248 g/mol. The Balaban J connectivity index is 4.77. The lowest BCUT2D eigenvalue weighted by Crippen LogP contribution is -2.39. The molecular formula is C13H26N2O4. The molecule has 0 saturated carbocycles.